The van der Waals surface area contributed by atoms with Gasteiger partial charge in [-0.1, -0.05) is 54.6 Å². The zero-order valence-electron chi connectivity index (χ0n) is 10.9. The first kappa shape index (κ1) is 13.6. The van der Waals surface area contributed by atoms with Crippen molar-refractivity contribution >= 4 is 22.4 Å². The molecule has 0 unspecified atom stereocenters. The van der Waals surface area contributed by atoms with E-state index in [1.165, 1.54) is 5.39 Å². The van der Waals surface area contributed by atoms with Crippen LogP contribution in [0.25, 0.3) is 10.8 Å². The van der Waals surface area contributed by atoms with E-state index in [1.807, 2.05) is 30.3 Å². The average molecular weight is 265 g/mol. The fourth-order valence-corrected chi connectivity index (χ4v) is 1.83. The van der Waals surface area contributed by atoms with Crippen LogP contribution in [0, 0.1) is 0 Å². The van der Waals surface area contributed by atoms with Gasteiger partial charge >= 0.3 is 5.97 Å². The summed E-state index contributed by atoms with van der Waals surface area (Å²) in [5, 5.41) is 10.7. The van der Waals surface area contributed by atoms with Gasteiger partial charge in [0.2, 0.25) is 0 Å². The normalized spacial score (nSPS) is 9.60. The maximum absolute atomic E-state index is 10.2. The minimum atomic E-state index is -0.879. The molecule has 0 bridgehead atoms. The summed E-state index contributed by atoms with van der Waals surface area (Å²) >= 11 is 0. The molecule has 3 heteroatoms. The first-order chi connectivity index (χ1) is 9.68. The lowest BCUT2D eigenvalue weighted by molar-refractivity contribution is 0.0697. The Morgan fingerprint density at radius 3 is 2.00 bits per heavy atom. The molecule has 0 saturated carbocycles. The van der Waals surface area contributed by atoms with Gasteiger partial charge in [0, 0.05) is 11.1 Å². The molecule has 3 aromatic carbocycles. The number of hydrogen-bond acceptors (Lipinski definition) is 2. The lowest BCUT2D eigenvalue weighted by Gasteiger charge is -1.98. The summed E-state index contributed by atoms with van der Waals surface area (Å²) in [6.07, 6.45) is 0. The number of rotatable bonds is 1. The van der Waals surface area contributed by atoms with E-state index in [4.69, 9.17) is 10.8 Å². The fourth-order valence-electron chi connectivity index (χ4n) is 1.83. The number of hydrogen-bond donors (Lipinski definition) is 2. The van der Waals surface area contributed by atoms with Crippen LogP contribution in [0.15, 0.2) is 72.8 Å². The Kier molecular flexibility index (Phi) is 4.35. The van der Waals surface area contributed by atoms with Crippen LogP contribution in [0.3, 0.4) is 0 Å². The zero-order valence-corrected chi connectivity index (χ0v) is 10.9. The number of fused-ring (bicyclic) bond motifs is 1. The number of nitrogens with two attached hydrogens (primary N) is 1. The van der Waals surface area contributed by atoms with E-state index in [2.05, 4.69) is 12.1 Å². The maximum atomic E-state index is 10.2. The Labute approximate surface area is 117 Å². The molecule has 3 N–H and O–H groups in total. The van der Waals surface area contributed by atoms with Gasteiger partial charge in [-0.3, -0.25) is 0 Å². The summed E-state index contributed by atoms with van der Waals surface area (Å²) in [5.41, 5.74) is 6.94. The summed E-state index contributed by atoms with van der Waals surface area (Å²) in [5.74, 6) is -0.879. The second-order valence-electron chi connectivity index (χ2n) is 4.24. The fraction of sp³-hybridized carbons (Fsp3) is 0. The van der Waals surface area contributed by atoms with Crippen molar-refractivity contribution in [3.05, 3.63) is 78.4 Å². The predicted octanol–water partition coefficient (Wildman–Crippen LogP) is 3.81. The van der Waals surface area contributed by atoms with Crippen molar-refractivity contribution in [3.63, 3.8) is 0 Å². The SMILES string of the molecule is Nc1cccc2ccccc12.O=C(O)c1ccccc1. The van der Waals surface area contributed by atoms with E-state index in [0.29, 0.717) is 5.56 Å². The molecular formula is C17H15NO2. The van der Waals surface area contributed by atoms with Crippen molar-refractivity contribution < 1.29 is 9.90 Å². The topological polar surface area (TPSA) is 63.3 Å². The lowest BCUT2D eigenvalue weighted by atomic mass is 10.1. The number of carboxylic acid groups (broad SMARTS) is 1. The number of aromatic carboxylic acids is 1. The molecule has 0 heterocycles. The Morgan fingerprint density at radius 2 is 1.40 bits per heavy atom. The van der Waals surface area contributed by atoms with Gasteiger partial charge in [-0.15, -0.1) is 0 Å². The van der Waals surface area contributed by atoms with Crippen LogP contribution in [0.4, 0.5) is 5.69 Å². The van der Waals surface area contributed by atoms with Crippen LogP contribution < -0.4 is 5.73 Å². The van der Waals surface area contributed by atoms with E-state index in [9.17, 15) is 4.79 Å². The average Bonchev–Trinajstić information content (AvgIpc) is 2.49. The van der Waals surface area contributed by atoms with E-state index >= 15 is 0 Å². The zero-order chi connectivity index (χ0) is 14.4. The van der Waals surface area contributed by atoms with Crippen molar-refractivity contribution in [1.82, 2.24) is 0 Å². The van der Waals surface area contributed by atoms with E-state index < -0.39 is 5.97 Å². The minimum Gasteiger partial charge on any atom is -0.478 e. The third-order valence-electron chi connectivity index (χ3n) is 2.84. The molecule has 0 aliphatic rings. The van der Waals surface area contributed by atoms with Crippen molar-refractivity contribution in [2.75, 3.05) is 5.73 Å². The highest BCUT2D eigenvalue weighted by Gasteiger charge is 1.96. The Morgan fingerprint density at radius 1 is 0.800 bits per heavy atom. The monoisotopic (exact) mass is 265 g/mol. The van der Waals surface area contributed by atoms with Gasteiger partial charge < -0.3 is 10.8 Å². The number of nitrogen functional groups attached to an aromatic ring is 1. The minimum absolute atomic E-state index is 0.331. The molecule has 0 atom stereocenters. The first-order valence-corrected chi connectivity index (χ1v) is 6.20. The van der Waals surface area contributed by atoms with Gasteiger partial charge in [-0.25, -0.2) is 4.79 Å². The number of carbonyl (C=O) groups is 1. The van der Waals surface area contributed by atoms with Gasteiger partial charge in [0.15, 0.2) is 0 Å². The molecule has 0 radical (unpaired) electrons. The molecule has 0 aromatic heterocycles. The molecular weight excluding hydrogens is 250 g/mol. The van der Waals surface area contributed by atoms with Gasteiger partial charge in [0.05, 0.1) is 5.56 Å². The van der Waals surface area contributed by atoms with E-state index in [1.54, 1.807) is 30.3 Å². The lowest BCUT2D eigenvalue weighted by Crippen LogP contribution is -1.93. The molecule has 0 fully saturated rings. The van der Waals surface area contributed by atoms with Gasteiger partial charge in [0.1, 0.15) is 0 Å². The second kappa shape index (κ2) is 6.38. The highest BCUT2D eigenvalue weighted by Crippen LogP contribution is 2.19. The number of carboxylic acids is 1. The molecule has 3 rings (SSSR count). The van der Waals surface area contributed by atoms with Crippen LogP contribution in [0.5, 0.6) is 0 Å². The summed E-state index contributed by atoms with van der Waals surface area (Å²) in [4.78, 5) is 10.2. The van der Waals surface area contributed by atoms with Crippen LogP contribution in [0.2, 0.25) is 0 Å². The van der Waals surface area contributed by atoms with Crippen LogP contribution in [-0.2, 0) is 0 Å². The van der Waals surface area contributed by atoms with Gasteiger partial charge in [0.25, 0.3) is 0 Å². The third-order valence-corrected chi connectivity index (χ3v) is 2.84. The molecule has 0 amide bonds. The molecule has 20 heavy (non-hydrogen) atoms. The largest absolute Gasteiger partial charge is 0.478 e. The highest BCUT2D eigenvalue weighted by molar-refractivity contribution is 5.92. The molecule has 3 aromatic rings. The van der Waals surface area contributed by atoms with E-state index in [-0.39, 0.29) is 0 Å². The summed E-state index contributed by atoms with van der Waals surface area (Å²) in [6, 6.07) is 22.4. The molecule has 0 aliphatic heterocycles. The number of benzene rings is 3. The van der Waals surface area contributed by atoms with Crippen LogP contribution >= 0.6 is 0 Å². The van der Waals surface area contributed by atoms with Gasteiger partial charge in [-0.05, 0) is 23.6 Å². The highest BCUT2D eigenvalue weighted by atomic mass is 16.4. The molecule has 100 valence electrons. The Bertz CT molecular complexity index is 703. The summed E-state index contributed by atoms with van der Waals surface area (Å²) < 4.78 is 0. The number of anilines is 1. The Balaban J connectivity index is 0.000000151. The standard InChI is InChI=1S/C10H9N.C7H6O2/c11-10-7-3-5-8-4-1-2-6-9(8)10;8-7(9)6-4-2-1-3-5-6/h1-7H,11H2;1-5H,(H,8,9). The van der Waals surface area contributed by atoms with Crippen molar-refractivity contribution in [3.8, 4) is 0 Å². The van der Waals surface area contributed by atoms with Crippen LogP contribution in [0.1, 0.15) is 10.4 Å². The maximum Gasteiger partial charge on any atom is 0.335 e. The van der Waals surface area contributed by atoms with Crippen molar-refractivity contribution in [2.45, 2.75) is 0 Å². The van der Waals surface area contributed by atoms with Gasteiger partial charge in [-0.2, -0.15) is 0 Å². The first-order valence-electron chi connectivity index (χ1n) is 6.20. The van der Waals surface area contributed by atoms with E-state index in [0.717, 1.165) is 11.1 Å². The molecule has 0 aliphatic carbocycles. The Hall–Kier alpha value is -2.81. The smallest absolute Gasteiger partial charge is 0.335 e. The van der Waals surface area contributed by atoms with Crippen molar-refractivity contribution in [1.29, 1.82) is 0 Å². The summed E-state index contributed by atoms with van der Waals surface area (Å²) in [7, 11) is 0. The van der Waals surface area contributed by atoms with Crippen molar-refractivity contribution in [2.24, 2.45) is 0 Å². The third kappa shape index (κ3) is 3.36. The second-order valence-corrected chi connectivity index (χ2v) is 4.24. The predicted molar refractivity (Wildman–Crippen MR) is 81.8 cm³/mol. The van der Waals surface area contributed by atoms with Crippen LogP contribution in [-0.4, -0.2) is 11.1 Å². The molecule has 0 saturated heterocycles. The summed E-state index contributed by atoms with van der Waals surface area (Å²) in [6.45, 7) is 0. The quantitative estimate of drug-likeness (QED) is 0.658. The molecule has 3 nitrogen and oxygen atoms in total. The molecule has 0 spiro atoms.